The van der Waals surface area contributed by atoms with Crippen molar-refractivity contribution in [3.05, 3.63) is 203 Å². The van der Waals surface area contributed by atoms with Gasteiger partial charge in [-0.3, -0.25) is 0 Å². The molecule has 0 N–H and O–H groups in total. The SMILES string of the molecule is CCCCCCC(c1ccccc1)(c1ccccc1)c1cccc(Sc2cccc(C(CCCCCC)(c3ccccc3)c3ccccc3)c2)c1. The van der Waals surface area contributed by atoms with Gasteiger partial charge in [0.15, 0.2) is 0 Å². The molecular formula is C50H54S. The Morgan fingerprint density at radius 3 is 0.961 bits per heavy atom. The molecule has 0 amide bonds. The van der Waals surface area contributed by atoms with Gasteiger partial charge in [0.2, 0.25) is 0 Å². The number of rotatable bonds is 18. The highest BCUT2D eigenvalue weighted by molar-refractivity contribution is 7.99. The second-order valence-corrected chi connectivity index (χ2v) is 15.2. The van der Waals surface area contributed by atoms with E-state index in [0.29, 0.717) is 0 Å². The maximum absolute atomic E-state index is 2.48. The van der Waals surface area contributed by atoms with Crippen LogP contribution in [0.2, 0.25) is 0 Å². The molecule has 260 valence electrons. The number of benzene rings is 6. The minimum atomic E-state index is -0.219. The molecule has 0 aliphatic carbocycles. The third kappa shape index (κ3) is 8.43. The van der Waals surface area contributed by atoms with Crippen molar-refractivity contribution in [1.29, 1.82) is 0 Å². The van der Waals surface area contributed by atoms with E-state index in [9.17, 15) is 0 Å². The van der Waals surface area contributed by atoms with Crippen LogP contribution in [0.1, 0.15) is 111 Å². The molecular weight excluding hydrogens is 633 g/mol. The Morgan fingerprint density at radius 2 is 0.647 bits per heavy atom. The van der Waals surface area contributed by atoms with Crippen molar-refractivity contribution in [2.45, 2.75) is 98.7 Å². The van der Waals surface area contributed by atoms with Crippen molar-refractivity contribution in [1.82, 2.24) is 0 Å². The van der Waals surface area contributed by atoms with Crippen LogP contribution in [-0.2, 0) is 10.8 Å². The first-order valence-electron chi connectivity index (χ1n) is 19.3. The van der Waals surface area contributed by atoms with Crippen molar-refractivity contribution < 1.29 is 0 Å². The zero-order chi connectivity index (χ0) is 35.2. The molecule has 0 atom stereocenters. The van der Waals surface area contributed by atoms with E-state index in [-0.39, 0.29) is 10.8 Å². The topological polar surface area (TPSA) is 0 Å². The van der Waals surface area contributed by atoms with Crippen LogP contribution in [0.3, 0.4) is 0 Å². The quantitative estimate of drug-likeness (QED) is 0.0640. The first kappa shape index (κ1) is 36.5. The Hall–Kier alpha value is -4.33. The van der Waals surface area contributed by atoms with Gasteiger partial charge in [0.05, 0.1) is 0 Å². The van der Waals surface area contributed by atoms with Crippen molar-refractivity contribution >= 4 is 11.8 Å². The Labute approximate surface area is 312 Å². The molecule has 51 heavy (non-hydrogen) atoms. The summed E-state index contributed by atoms with van der Waals surface area (Å²) in [5.74, 6) is 0. The molecule has 0 spiro atoms. The van der Waals surface area contributed by atoms with Crippen molar-refractivity contribution in [2.24, 2.45) is 0 Å². The summed E-state index contributed by atoms with van der Waals surface area (Å²) in [6, 6.07) is 63.7. The van der Waals surface area contributed by atoms with Crippen LogP contribution in [0.25, 0.3) is 0 Å². The van der Waals surface area contributed by atoms with E-state index in [0.717, 1.165) is 12.8 Å². The summed E-state index contributed by atoms with van der Waals surface area (Å²) in [6.45, 7) is 4.60. The molecule has 6 rings (SSSR count). The standard InChI is InChI=1S/C50H54S/c1-3-5-7-21-37-49(41-25-13-9-14-26-41,42-27-15-10-16-28-42)45-33-23-35-47(39-45)51-48-36-24-34-46(40-48)50(38-22-8-6-4-2,43-29-17-11-18-30-43)44-31-19-12-20-32-44/h9-20,23-36,39-40H,3-8,21-22,37-38H2,1-2H3. The van der Waals surface area contributed by atoms with Gasteiger partial charge in [-0.1, -0.05) is 223 Å². The Kier molecular flexibility index (Phi) is 13.0. The van der Waals surface area contributed by atoms with Gasteiger partial charge in [-0.15, -0.1) is 0 Å². The lowest BCUT2D eigenvalue weighted by molar-refractivity contribution is 0.506. The van der Waals surface area contributed by atoms with Crippen molar-refractivity contribution in [3.8, 4) is 0 Å². The minimum absolute atomic E-state index is 0.219. The molecule has 0 aliphatic rings. The highest BCUT2D eigenvalue weighted by Crippen LogP contribution is 2.47. The number of unbranched alkanes of at least 4 members (excludes halogenated alkanes) is 6. The summed E-state index contributed by atoms with van der Waals surface area (Å²) < 4.78 is 0. The van der Waals surface area contributed by atoms with Crippen LogP contribution < -0.4 is 0 Å². The molecule has 0 saturated carbocycles. The summed E-state index contributed by atoms with van der Waals surface area (Å²) >= 11 is 1.89. The van der Waals surface area contributed by atoms with Crippen LogP contribution in [0.15, 0.2) is 180 Å². The lowest BCUT2D eigenvalue weighted by atomic mass is 9.66. The Morgan fingerprint density at radius 1 is 0.333 bits per heavy atom. The lowest BCUT2D eigenvalue weighted by Crippen LogP contribution is -2.29. The van der Waals surface area contributed by atoms with Gasteiger partial charge >= 0.3 is 0 Å². The fraction of sp³-hybridized carbons (Fsp3) is 0.280. The molecule has 0 aliphatic heterocycles. The van der Waals surface area contributed by atoms with Crippen molar-refractivity contribution in [2.75, 3.05) is 0 Å². The van der Waals surface area contributed by atoms with Crippen LogP contribution in [0, 0.1) is 0 Å². The molecule has 6 aromatic carbocycles. The molecule has 6 aromatic rings. The second kappa shape index (κ2) is 18.2. The fourth-order valence-electron chi connectivity index (χ4n) is 8.18. The molecule has 1 heteroatoms. The average Bonchev–Trinajstić information content (AvgIpc) is 3.20. The van der Waals surface area contributed by atoms with E-state index in [1.807, 2.05) is 11.8 Å². The summed E-state index contributed by atoms with van der Waals surface area (Å²) in [7, 11) is 0. The van der Waals surface area contributed by atoms with E-state index >= 15 is 0 Å². The van der Waals surface area contributed by atoms with E-state index in [1.54, 1.807) is 0 Å². The second-order valence-electron chi connectivity index (χ2n) is 14.1. The highest BCUT2D eigenvalue weighted by atomic mass is 32.2. The molecule has 0 fully saturated rings. The van der Waals surface area contributed by atoms with Gasteiger partial charge in [-0.25, -0.2) is 0 Å². The van der Waals surface area contributed by atoms with E-state index in [1.165, 1.54) is 94.5 Å². The zero-order valence-electron chi connectivity index (χ0n) is 30.6. The smallest absolute Gasteiger partial charge is 0.0451 e. The largest absolute Gasteiger partial charge is 0.0901 e. The molecule has 0 saturated heterocycles. The van der Waals surface area contributed by atoms with Gasteiger partial charge < -0.3 is 0 Å². The van der Waals surface area contributed by atoms with Gasteiger partial charge in [-0.2, -0.15) is 0 Å². The molecule has 0 aromatic heterocycles. The van der Waals surface area contributed by atoms with Gasteiger partial charge in [0.25, 0.3) is 0 Å². The predicted octanol–water partition coefficient (Wildman–Crippen LogP) is 14.4. The summed E-state index contributed by atoms with van der Waals surface area (Å²) in [5, 5.41) is 0. The minimum Gasteiger partial charge on any atom is -0.0901 e. The fourth-order valence-corrected chi connectivity index (χ4v) is 9.11. The average molecular weight is 687 g/mol. The van der Waals surface area contributed by atoms with Crippen molar-refractivity contribution in [3.63, 3.8) is 0 Å². The molecule has 0 unspecified atom stereocenters. The van der Waals surface area contributed by atoms with E-state index in [4.69, 9.17) is 0 Å². The molecule has 0 heterocycles. The summed E-state index contributed by atoms with van der Waals surface area (Å²) in [5.41, 5.74) is 7.79. The third-order valence-corrected chi connectivity index (χ3v) is 11.7. The van der Waals surface area contributed by atoms with Crippen LogP contribution in [-0.4, -0.2) is 0 Å². The summed E-state index contributed by atoms with van der Waals surface area (Å²) in [6.07, 6.45) is 12.1. The monoisotopic (exact) mass is 686 g/mol. The lowest BCUT2D eigenvalue weighted by Gasteiger charge is -2.37. The first-order chi connectivity index (χ1) is 25.2. The Bertz CT molecular complexity index is 1660. The normalized spacial score (nSPS) is 11.8. The first-order valence-corrected chi connectivity index (χ1v) is 20.1. The van der Waals surface area contributed by atoms with E-state index < -0.39 is 0 Å². The maximum Gasteiger partial charge on any atom is 0.0451 e. The number of hydrogen-bond acceptors (Lipinski definition) is 1. The Balaban J connectivity index is 1.42. The molecule has 0 bridgehead atoms. The predicted molar refractivity (Wildman–Crippen MR) is 220 cm³/mol. The highest BCUT2D eigenvalue weighted by Gasteiger charge is 2.37. The van der Waals surface area contributed by atoms with Gasteiger partial charge in [0, 0.05) is 20.6 Å². The number of hydrogen-bond donors (Lipinski definition) is 0. The van der Waals surface area contributed by atoms with Gasteiger partial charge in [0.1, 0.15) is 0 Å². The zero-order valence-corrected chi connectivity index (χ0v) is 31.5. The molecule has 0 nitrogen and oxygen atoms in total. The van der Waals surface area contributed by atoms with Crippen LogP contribution in [0.5, 0.6) is 0 Å². The maximum atomic E-state index is 2.48. The molecule has 0 radical (unpaired) electrons. The third-order valence-electron chi connectivity index (χ3n) is 10.8. The van der Waals surface area contributed by atoms with Gasteiger partial charge in [-0.05, 0) is 70.5 Å². The summed E-state index contributed by atoms with van der Waals surface area (Å²) in [4.78, 5) is 2.56. The van der Waals surface area contributed by atoms with Crippen LogP contribution >= 0.6 is 11.8 Å². The van der Waals surface area contributed by atoms with E-state index in [2.05, 4.69) is 184 Å². The van der Waals surface area contributed by atoms with Crippen LogP contribution in [0.4, 0.5) is 0 Å².